The topological polar surface area (TPSA) is 98.8 Å². The first kappa shape index (κ1) is 19.0. The Balaban J connectivity index is 2.33. The van der Waals surface area contributed by atoms with Gasteiger partial charge in [-0.2, -0.15) is 10.5 Å². The fourth-order valence-corrected chi connectivity index (χ4v) is 3.10. The second kappa shape index (κ2) is 7.48. The molecule has 3 aromatic rings. The maximum atomic E-state index is 13.1. The minimum absolute atomic E-state index is 0.0194. The summed E-state index contributed by atoms with van der Waals surface area (Å²) in [5, 5.41) is 19.9. The largest absolute Gasteiger partial charge is 0.384 e. The summed E-state index contributed by atoms with van der Waals surface area (Å²) in [5.41, 5.74) is 7.70. The molecule has 6 nitrogen and oxygen atoms in total. The lowest BCUT2D eigenvalue weighted by Gasteiger charge is -2.17. The monoisotopic (exact) mass is 389 g/mol. The van der Waals surface area contributed by atoms with E-state index in [2.05, 4.69) is 0 Å². The van der Waals surface area contributed by atoms with E-state index in [1.165, 1.54) is 4.57 Å². The Kier molecular flexibility index (Phi) is 5.08. The maximum absolute atomic E-state index is 13.1. The van der Waals surface area contributed by atoms with Gasteiger partial charge in [-0.15, -0.1) is 0 Å². The number of anilines is 2. The lowest BCUT2D eigenvalue weighted by Crippen LogP contribution is -2.26. The number of nitriles is 2. The van der Waals surface area contributed by atoms with Crippen LogP contribution in [-0.2, 0) is 0 Å². The highest BCUT2D eigenvalue weighted by atomic mass is 35.5. The van der Waals surface area contributed by atoms with Crippen molar-refractivity contribution in [2.24, 2.45) is 0 Å². The van der Waals surface area contributed by atoms with Gasteiger partial charge in [-0.25, -0.2) is 0 Å². The third-order valence-corrected chi connectivity index (χ3v) is 4.65. The highest BCUT2D eigenvalue weighted by Crippen LogP contribution is 2.31. The molecule has 138 valence electrons. The molecule has 0 atom stereocenters. The molecule has 2 aromatic carbocycles. The van der Waals surface area contributed by atoms with Crippen LogP contribution in [0.1, 0.15) is 11.1 Å². The molecule has 0 fully saturated rings. The van der Waals surface area contributed by atoms with Crippen LogP contribution in [0.5, 0.6) is 0 Å². The van der Waals surface area contributed by atoms with Crippen LogP contribution in [-0.4, -0.2) is 18.7 Å². The minimum atomic E-state index is -0.582. The number of halogens is 1. The Bertz CT molecular complexity index is 1180. The van der Waals surface area contributed by atoms with Crippen LogP contribution in [0.4, 0.5) is 11.5 Å². The number of pyridine rings is 1. The maximum Gasteiger partial charge on any atom is 0.275 e. The number of hydrogen-bond acceptors (Lipinski definition) is 5. The van der Waals surface area contributed by atoms with E-state index >= 15 is 0 Å². The van der Waals surface area contributed by atoms with Crippen LogP contribution in [0.2, 0.25) is 5.02 Å². The van der Waals surface area contributed by atoms with Crippen LogP contribution >= 0.6 is 11.6 Å². The Morgan fingerprint density at radius 3 is 2.04 bits per heavy atom. The van der Waals surface area contributed by atoms with Crippen molar-refractivity contribution >= 4 is 23.1 Å². The van der Waals surface area contributed by atoms with Crippen molar-refractivity contribution in [2.45, 2.75) is 0 Å². The third-order valence-electron chi connectivity index (χ3n) is 4.39. The van der Waals surface area contributed by atoms with Gasteiger partial charge in [0, 0.05) is 30.4 Å². The van der Waals surface area contributed by atoms with Crippen LogP contribution < -0.4 is 16.2 Å². The molecule has 0 saturated heterocycles. The average Bonchev–Trinajstić information content (AvgIpc) is 2.69. The molecule has 0 aliphatic heterocycles. The molecule has 0 aliphatic carbocycles. The normalized spacial score (nSPS) is 10.2. The van der Waals surface area contributed by atoms with Crippen LogP contribution in [0, 0.1) is 22.7 Å². The molecule has 2 N–H and O–H groups in total. The molecule has 0 unspecified atom stereocenters. The first-order chi connectivity index (χ1) is 13.4. The summed E-state index contributed by atoms with van der Waals surface area (Å²) in [6, 6.07) is 17.6. The molecule has 0 saturated carbocycles. The van der Waals surface area contributed by atoms with E-state index in [0.717, 1.165) is 5.69 Å². The van der Waals surface area contributed by atoms with E-state index in [0.29, 0.717) is 16.3 Å². The smallest absolute Gasteiger partial charge is 0.275 e. The molecule has 1 heterocycles. The van der Waals surface area contributed by atoms with E-state index < -0.39 is 5.56 Å². The van der Waals surface area contributed by atoms with Crippen molar-refractivity contribution in [1.82, 2.24) is 4.57 Å². The third kappa shape index (κ3) is 3.18. The summed E-state index contributed by atoms with van der Waals surface area (Å²) < 4.78 is 1.19. The summed E-state index contributed by atoms with van der Waals surface area (Å²) in [5.74, 6) is -0.0194. The number of hydrogen-bond donors (Lipinski definition) is 1. The number of nitrogen functional groups attached to an aromatic ring is 1. The lowest BCUT2D eigenvalue weighted by molar-refractivity contribution is 0.991. The van der Waals surface area contributed by atoms with Gasteiger partial charge in [-0.3, -0.25) is 9.36 Å². The minimum Gasteiger partial charge on any atom is -0.384 e. The Labute approximate surface area is 167 Å². The number of nitrogens with two attached hydrogens (primary N) is 1. The van der Waals surface area contributed by atoms with Crippen molar-refractivity contribution in [3.8, 4) is 29.0 Å². The predicted octanol–water partition coefficient (Wildman–Crippen LogP) is 3.55. The predicted molar refractivity (Wildman–Crippen MR) is 111 cm³/mol. The quantitative estimate of drug-likeness (QED) is 0.738. The second-order valence-electron chi connectivity index (χ2n) is 6.29. The van der Waals surface area contributed by atoms with Gasteiger partial charge in [-0.1, -0.05) is 23.7 Å². The average molecular weight is 390 g/mol. The highest BCUT2D eigenvalue weighted by molar-refractivity contribution is 6.30. The second-order valence-corrected chi connectivity index (χ2v) is 6.73. The first-order valence-electron chi connectivity index (χ1n) is 8.31. The molecule has 0 amide bonds. The van der Waals surface area contributed by atoms with E-state index in [9.17, 15) is 15.3 Å². The number of aromatic nitrogens is 1. The summed E-state index contributed by atoms with van der Waals surface area (Å²) in [4.78, 5) is 15.0. The van der Waals surface area contributed by atoms with Crippen LogP contribution in [0.15, 0.2) is 53.3 Å². The molecular formula is C21H16ClN5O. The summed E-state index contributed by atoms with van der Waals surface area (Å²) >= 11 is 5.93. The van der Waals surface area contributed by atoms with Gasteiger partial charge in [-0.05, 0) is 42.0 Å². The van der Waals surface area contributed by atoms with Gasteiger partial charge in [0.15, 0.2) is 0 Å². The zero-order chi connectivity index (χ0) is 20.4. The number of rotatable bonds is 3. The van der Waals surface area contributed by atoms with Gasteiger partial charge < -0.3 is 10.6 Å². The van der Waals surface area contributed by atoms with E-state index in [-0.39, 0.29) is 22.5 Å². The molecule has 0 bridgehead atoms. The molecule has 0 aliphatic rings. The van der Waals surface area contributed by atoms with Crippen molar-refractivity contribution < 1.29 is 0 Å². The van der Waals surface area contributed by atoms with E-state index in [4.69, 9.17) is 17.3 Å². The Hall–Kier alpha value is -3.74. The SMILES string of the molecule is CN(C)c1ccc(-n2c(N)c(C#N)c(-c3ccc(Cl)cc3)c(C#N)c2=O)cc1. The molecule has 1 aromatic heterocycles. The Morgan fingerprint density at radius 1 is 0.964 bits per heavy atom. The molecular weight excluding hydrogens is 374 g/mol. The molecule has 0 spiro atoms. The fourth-order valence-electron chi connectivity index (χ4n) is 2.97. The standard InChI is InChI=1S/C21H16ClN5O/c1-26(2)15-7-9-16(10-8-15)27-20(25)17(11-23)19(18(12-24)21(27)28)13-3-5-14(22)6-4-13/h3-10H,25H2,1-2H3. The number of benzene rings is 2. The zero-order valence-corrected chi connectivity index (χ0v) is 16.0. The van der Waals surface area contributed by atoms with Gasteiger partial charge in [0.05, 0.1) is 5.69 Å². The van der Waals surface area contributed by atoms with Gasteiger partial charge >= 0.3 is 0 Å². The van der Waals surface area contributed by atoms with E-state index in [1.807, 2.05) is 43.3 Å². The van der Waals surface area contributed by atoms with Crippen LogP contribution in [0.3, 0.4) is 0 Å². The lowest BCUT2D eigenvalue weighted by atomic mass is 9.96. The summed E-state index contributed by atoms with van der Waals surface area (Å²) in [6.45, 7) is 0. The molecule has 0 radical (unpaired) electrons. The van der Waals surface area contributed by atoms with Gasteiger partial charge in [0.25, 0.3) is 5.56 Å². The number of nitrogens with zero attached hydrogens (tertiary/aromatic N) is 4. The van der Waals surface area contributed by atoms with Crippen molar-refractivity contribution in [2.75, 3.05) is 24.7 Å². The van der Waals surface area contributed by atoms with Crippen molar-refractivity contribution in [3.63, 3.8) is 0 Å². The van der Waals surface area contributed by atoms with Gasteiger partial charge in [0.2, 0.25) is 0 Å². The van der Waals surface area contributed by atoms with Crippen molar-refractivity contribution in [1.29, 1.82) is 10.5 Å². The summed E-state index contributed by atoms with van der Waals surface area (Å²) in [6.07, 6.45) is 0. The van der Waals surface area contributed by atoms with Gasteiger partial charge in [0.1, 0.15) is 29.1 Å². The first-order valence-corrected chi connectivity index (χ1v) is 8.69. The Morgan fingerprint density at radius 2 is 1.54 bits per heavy atom. The molecule has 3 rings (SSSR count). The van der Waals surface area contributed by atoms with Crippen molar-refractivity contribution in [3.05, 3.63) is 75.0 Å². The molecule has 28 heavy (non-hydrogen) atoms. The van der Waals surface area contributed by atoms with Crippen LogP contribution in [0.25, 0.3) is 16.8 Å². The molecule has 7 heteroatoms. The fraction of sp³-hybridized carbons (Fsp3) is 0.0952. The highest BCUT2D eigenvalue weighted by Gasteiger charge is 2.22. The van der Waals surface area contributed by atoms with E-state index in [1.54, 1.807) is 36.4 Å². The zero-order valence-electron chi connectivity index (χ0n) is 15.3. The summed E-state index contributed by atoms with van der Waals surface area (Å²) in [7, 11) is 3.80.